The first-order valence-electron chi connectivity index (χ1n) is 12.8. The molecule has 0 saturated carbocycles. The number of para-hydroxylation sites is 1. The second-order valence-corrected chi connectivity index (χ2v) is 14.4. The predicted molar refractivity (Wildman–Crippen MR) is 163 cm³/mol. The van der Waals surface area contributed by atoms with E-state index in [1.807, 2.05) is 18.2 Å². The van der Waals surface area contributed by atoms with Crippen LogP contribution >= 0.6 is 0 Å². The average molecular weight is 678 g/mol. The van der Waals surface area contributed by atoms with Gasteiger partial charge in [-0.25, -0.2) is 13.1 Å². The highest BCUT2D eigenvalue weighted by molar-refractivity contribution is 7.89. The Balaban J connectivity index is 2.19. The number of azide groups is 1. The van der Waals surface area contributed by atoms with Crippen molar-refractivity contribution in [2.24, 2.45) is 5.11 Å². The number of benzene rings is 3. The Kier molecular flexibility index (Phi) is 11.8. The molecule has 0 bridgehead atoms. The first kappa shape index (κ1) is 35.1. The van der Waals surface area contributed by atoms with Crippen molar-refractivity contribution >= 4 is 35.9 Å². The largest absolute Gasteiger partial charge is 0.289 e. The first-order valence-corrected chi connectivity index (χ1v) is 17.9. The minimum absolute atomic E-state index is 0.203. The quantitative estimate of drug-likeness (QED) is 0.0499. The molecule has 3 aromatic carbocycles. The molecule has 45 heavy (non-hydrogen) atoms. The van der Waals surface area contributed by atoms with E-state index in [1.54, 1.807) is 24.3 Å². The topological polar surface area (TPSA) is 225 Å². The van der Waals surface area contributed by atoms with Gasteiger partial charge in [0.05, 0.1) is 42.7 Å². The van der Waals surface area contributed by atoms with Gasteiger partial charge in [0.2, 0.25) is 10.0 Å². The van der Waals surface area contributed by atoms with Crippen LogP contribution in [-0.2, 0) is 38.6 Å². The molecule has 0 aromatic heterocycles. The van der Waals surface area contributed by atoms with E-state index < -0.39 is 77.0 Å². The molecule has 0 aliphatic rings. The molecule has 0 saturated heterocycles. The monoisotopic (exact) mass is 677 g/mol. The van der Waals surface area contributed by atoms with Gasteiger partial charge >= 0.3 is 0 Å². The number of hydrogen-bond acceptors (Lipinski definition) is 11. The second-order valence-electron chi connectivity index (χ2n) is 9.46. The van der Waals surface area contributed by atoms with Crippen LogP contribution in [0.2, 0.25) is 0 Å². The van der Waals surface area contributed by atoms with Gasteiger partial charge in [0, 0.05) is 28.0 Å². The van der Waals surface area contributed by atoms with E-state index in [9.17, 15) is 35.4 Å². The lowest BCUT2D eigenvalue weighted by molar-refractivity contribution is -0.387. The van der Waals surface area contributed by atoms with E-state index in [1.165, 1.54) is 24.3 Å². The molecule has 0 spiro atoms. The Morgan fingerprint density at radius 2 is 1.47 bits per heavy atom. The van der Waals surface area contributed by atoms with Crippen molar-refractivity contribution in [3.63, 3.8) is 0 Å². The summed E-state index contributed by atoms with van der Waals surface area (Å²) in [5.41, 5.74) is 9.66. The van der Waals surface area contributed by atoms with Crippen molar-refractivity contribution < 1.29 is 38.5 Å². The number of nitro groups is 1. The maximum absolute atomic E-state index is 13.5. The van der Waals surface area contributed by atoms with Gasteiger partial charge in [0.15, 0.2) is 4.90 Å². The molecule has 0 amide bonds. The summed E-state index contributed by atoms with van der Waals surface area (Å²) < 4.78 is 87.9. The highest BCUT2D eigenvalue weighted by atomic mass is 32.2. The molecule has 0 fully saturated rings. The maximum atomic E-state index is 13.5. The van der Waals surface area contributed by atoms with E-state index in [-0.39, 0.29) is 5.56 Å². The normalized spacial score (nSPS) is 13.8. The third-order valence-electron chi connectivity index (χ3n) is 6.00. The first-order chi connectivity index (χ1) is 21.1. The Morgan fingerprint density at radius 3 is 2.02 bits per heavy atom. The molecule has 15 nitrogen and oxygen atoms in total. The van der Waals surface area contributed by atoms with E-state index in [2.05, 4.69) is 26.6 Å². The van der Waals surface area contributed by atoms with Crippen LogP contribution < -0.4 is 4.72 Å². The van der Waals surface area contributed by atoms with E-state index >= 15 is 0 Å². The fourth-order valence-corrected chi connectivity index (χ4v) is 6.65. The number of nitro benzene ring substituents is 1. The van der Waals surface area contributed by atoms with Crippen molar-refractivity contribution in [1.29, 1.82) is 0 Å². The van der Waals surface area contributed by atoms with Gasteiger partial charge in [-0.2, -0.15) is 16.8 Å². The lowest BCUT2D eigenvalue weighted by atomic mass is 9.86. The summed E-state index contributed by atoms with van der Waals surface area (Å²) in [5, 5.41) is 15.0. The number of nitrogens with zero attached hydrogens (tertiary/aromatic N) is 4. The molecule has 238 valence electrons. The highest BCUT2D eigenvalue weighted by Gasteiger charge is 2.38. The molecule has 1 N–H and O–H groups in total. The van der Waals surface area contributed by atoms with Crippen molar-refractivity contribution in [2.75, 3.05) is 25.7 Å². The van der Waals surface area contributed by atoms with Gasteiger partial charge in [0.25, 0.3) is 25.9 Å². The molecule has 0 aliphatic heterocycles. The second kappa shape index (κ2) is 15.1. The Morgan fingerprint density at radius 1 is 0.889 bits per heavy atom. The molecular formula is C27H27N5O10S3. The lowest BCUT2D eigenvalue weighted by Gasteiger charge is -2.33. The van der Waals surface area contributed by atoms with Crippen LogP contribution in [0.5, 0.6) is 0 Å². The molecule has 0 heterocycles. The summed E-state index contributed by atoms with van der Waals surface area (Å²) in [5.74, 6) is 4.53. The minimum atomic E-state index is -4.80. The lowest BCUT2D eigenvalue weighted by Crippen LogP contribution is -2.48. The van der Waals surface area contributed by atoms with Crippen LogP contribution in [0.1, 0.15) is 22.6 Å². The highest BCUT2D eigenvalue weighted by Crippen LogP contribution is 2.31. The van der Waals surface area contributed by atoms with Crippen molar-refractivity contribution in [2.45, 2.75) is 23.0 Å². The average Bonchev–Trinajstić information content (AvgIpc) is 2.97. The van der Waals surface area contributed by atoms with Crippen LogP contribution in [0.4, 0.5) is 5.69 Å². The van der Waals surface area contributed by atoms with Gasteiger partial charge < -0.3 is 0 Å². The minimum Gasteiger partial charge on any atom is -0.269 e. The summed E-state index contributed by atoms with van der Waals surface area (Å²) in [6, 6.07) is 17.9. The van der Waals surface area contributed by atoms with Crippen LogP contribution in [0.3, 0.4) is 0 Å². The zero-order valence-electron chi connectivity index (χ0n) is 23.7. The standard InChI is InChI=1S/C27H27N5O10S3/c1-43(35,36)41-19-23(30-45(39,40)26-11-7-6-10-24(26)32(33)34)27(25(18-29-31-28)42-44(2,37)38)22-16-14-21(15-17-22)13-12-20-8-4-3-5-9-20/h3-11,14-17,23,25,27,30H,18-19H2,1-2H3/t23-,25-,27+/m1/s1. The maximum Gasteiger partial charge on any atom is 0.289 e. The predicted octanol–water partition coefficient (Wildman–Crippen LogP) is 3.06. The molecule has 3 aromatic rings. The van der Waals surface area contributed by atoms with Gasteiger partial charge in [-0.05, 0) is 41.4 Å². The molecular weight excluding hydrogens is 651 g/mol. The molecule has 3 rings (SSSR count). The Hall–Kier alpha value is -4.34. The molecule has 0 unspecified atom stereocenters. The SMILES string of the molecule is CS(=O)(=O)OC[C@@H](NS(=O)(=O)c1ccccc1[N+](=O)[O-])[C@H](c1ccc(C#Cc2ccccc2)cc1)[C@@H](CN=[N+]=[N-])OS(C)(=O)=O. The fraction of sp³-hybridized carbons (Fsp3) is 0.259. The summed E-state index contributed by atoms with van der Waals surface area (Å²) in [6.45, 7) is -1.55. The number of nitrogens with one attached hydrogen (secondary N) is 1. The van der Waals surface area contributed by atoms with Gasteiger partial charge in [-0.1, -0.05) is 59.4 Å². The van der Waals surface area contributed by atoms with Gasteiger partial charge in [-0.15, -0.1) is 0 Å². The fourth-order valence-electron chi connectivity index (χ4n) is 4.21. The third kappa shape index (κ3) is 11.0. The van der Waals surface area contributed by atoms with Crippen LogP contribution in [0.15, 0.2) is 88.9 Å². The number of sulfonamides is 1. The number of hydrogen-bond donors (Lipinski definition) is 1. The van der Waals surface area contributed by atoms with Crippen LogP contribution in [0, 0.1) is 22.0 Å². The summed E-state index contributed by atoms with van der Waals surface area (Å²) in [4.78, 5) is 12.6. The van der Waals surface area contributed by atoms with Crippen LogP contribution in [-0.4, -0.2) is 68.0 Å². The van der Waals surface area contributed by atoms with E-state index in [4.69, 9.17) is 13.9 Å². The van der Waals surface area contributed by atoms with Gasteiger partial charge in [-0.3, -0.25) is 18.5 Å². The Labute approximate surface area is 260 Å². The zero-order valence-corrected chi connectivity index (χ0v) is 26.2. The third-order valence-corrected chi connectivity index (χ3v) is 8.70. The molecule has 18 heteroatoms. The summed E-state index contributed by atoms with van der Waals surface area (Å²) in [7, 11) is -13.3. The Bertz CT molecular complexity index is 1950. The summed E-state index contributed by atoms with van der Waals surface area (Å²) in [6.07, 6.45) is -0.173. The molecule has 3 atom stereocenters. The van der Waals surface area contributed by atoms with Crippen molar-refractivity contribution in [3.05, 3.63) is 116 Å². The van der Waals surface area contributed by atoms with Crippen molar-refractivity contribution in [1.82, 2.24) is 4.72 Å². The smallest absolute Gasteiger partial charge is 0.269 e. The van der Waals surface area contributed by atoms with E-state index in [0.29, 0.717) is 11.8 Å². The summed E-state index contributed by atoms with van der Waals surface area (Å²) >= 11 is 0. The van der Waals surface area contributed by atoms with E-state index in [0.717, 1.165) is 24.0 Å². The van der Waals surface area contributed by atoms with Crippen LogP contribution in [0.25, 0.3) is 10.4 Å². The van der Waals surface area contributed by atoms with Gasteiger partial charge in [0.1, 0.15) is 0 Å². The number of rotatable bonds is 14. The molecule has 0 aliphatic carbocycles. The van der Waals surface area contributed by atoms with Crippen molar-refractivity contribution in [3.8, 4) is 11.8 Å². The molecule has 0 radical (unpaired) electrons. The zero-order chi connectivity index (χ0) is 33.3.